The lowest BCUT2D eigenvalue weighted by Crippen LogP contribution is -2.07. The third-order valence-electron chi connectivity index (χ3n) is 2.78. The first-order chi connectivity index (χ1) is 8.71. The van der Waals surface area contributed by atoms with E-state index in [1.807, 2.05) is 19.1 Å². The second-order valence-corrected chi connectivity index (χ2v) is 3.76. The number of imidazole rings is 1. The Labute approximate surface area is 105 Å². The highest BCUT2D eigenvalue weighted by Gasteiger charge is 2.14. The number of nitrogens with one attached hydrogen (secondary N) is 2. The maximum atomic E-state index is 5.44. The Morgan fingerprint density at radius 1 is 1.28 bits per heavy atom. The summed E-state index contributed by atoms with van der Waals surface area (Å²) in [5, 5.41) is 0. The van der Waals surface area contributed by atoms with Crippen molar-refractivity contribution in [2.24, 2.45) is 5.84 Å². The number of benzene rings is 1. The van der Waals surface area contributed by atoms with Crippen LogP contribution in [0, 0.1) is 6.92 Å². The van der Waals surface area contributed by atoms with Gasteiger partial charge in [-0.3, -0.25) is 5.43 Å². The molecule has 1 heterocycles. The van der Waals surface area contributed by atoms with E-state index in [-0.39, 0.29) is 0 Å². The van der Waals surface area contributed by atoms with Gasteiger partial charge < -0.3 is 14.5 Å². The third kappa shape index (κ3) is 1.98. The summed E-state index contributed by atoms with van der Waals surface area (Å²) < 4.78 is 10.7. The summed E-state index contributed by atoms with van der Waals surface area (Å²) in [5.41, 5.74) is 5.13. The lowest BCUT2D eigenvalue weighted by molar-refractivity contribution is 0.390. The van der Waals surface area contributed by atoms with Gasteiger partial charge in [0.1, 0.15) is 11.5 Å². The summed E-state index contributed by atoms with van der Waals surface area (Å²) in [5.74, 6) is 7.33. The number of nitrogen functional groups attached to an aromatic ring is 1. The van der Waals surface area contributed by atoms with Crippen molar-refractivity contribution >= 4 is 5.95 Å². The zero-order chi connectivity index (χ0) is 13.1. The van der Waals surface area contributed by atoms with Crippen LogP contribution in [0.2, 0.25) is 0 Å². The molecule has 0 unspecified atom stereocenters. The van der Waals surface area contributed by atoms with Crippen molar-refractivity contribution < 1.29 is 9.47 Å². The van der Waals surface area contributed by atoms with Gasteiger partial charge in [0.25, 0.3) is 0 Å². The highest BCUT2D eigenvalue weighted by atomic mass is 16.5. The number of aromatic nitrogens is 2. The van der Waals surface area contributed by atoms with Crippen molar-refractivity contribution in [3.8, 4) is 22.8 Å². The minimum absolute atomic E-state index is 0.500. The van der Waals surface area contributed by atoms with Crippen molar-refractivity contribution in [1.82, 2.24) is 9.97 Å². The van der Waals surface area contributed by atoms with E-state index in [9.17, 15) is 0 Å². The number of aromatic amines is 1. The molecule has 2 aromatic rings. The van der Waals surface area contributed by atoms with Crippen LogP contribution in [0.1, 0.15) is 5.56 Å². The maximum Gasteiger partial charge on any atom is 0.215 e. The van der Waals surface area contributed by atoms with Crippen LogP contribution in [0.15, 0.2) is 18.3 Å². The van der Waals surface area contributed by atoms with E-state index in [0.29, 0.717) is 5.95 Å². The molecule has 1 aromatic carbocycles. The number of rotatable bonds is 4. The summed E-state index contributed by atoms with van der Waals surface area (Å²) in [6.45, 7) is 1.94. The van der Waals surface area contributed by atoms with Gasteiger partial charge in [-0.2, -0.15) is 0 Å². The standard InChI is InChI=1S/C12H16N4O2/c1-7-10(17-2)5-4-8(11(7)18-3)9-6-14-12(15-9)16-13/h4-6H,13H2,1-3H3,(H2,14,15,16). The molecule has 18 heavy (non-hydrogen) atoms. The van der Waals surface area contributed by atoms with Crippen LogP contribution in [0.5, 0.6) is 11.5 Å². The number of ether oxygens (including phenoxy) is 2. The molecule has 6 heteroatoms. The zero-order valence-electron chi connectivity index (χ0n) is 10.6. The number of hydrogen-bond donors (Lipinski definition) is 3. The lowest BCUT2D eigenvalue weighted by Gasteiger charge is -2.13. The molecule has 6 nitrogen and oxygen atoms in total. The van der Waals surface area contributed by atoms with Crippen LogP contribution in [-0.4, -0.2) is 24.2 Å². The second-order valence-electron chi connectivity index (χ2n) is 3.76. The fourth-order valence-corrected chi connectivity index (χ4v) is 1.90. The lowest BCUT2D eigenvalue weighted by atomic mass is 10.1. The quantitative estimate of drug-likeness (QED) is 0.566. The van der Waals surface area contributed by atoms with Gasteiger partial charge in [-0.1, -0.05) is 0 Å². The Kier molecular flexibility index (Phi) is 3.38. The summed E-state index contributed by atoms with van der Waals surface area (Å²) in [6, 6.07) is 3.81. The van der Waals surface area contributed by atoms with Crippen LogP contribution in [0.3, 0.4) is 0 Å². The molecule has 0 aliphatic rings. The Morgan fingerprint density at radius 3 is 2.61 bits per heavy atom. The molecule has 0 saturated carbocycles. The third-order valence-corrected chi connectivity index (χ3v) is 2.78. The highest BCUT2D eigenvalue weighted by Crippen LogP contribution is 2.37. The fourth-order valence-electron chi connectivity index (χ4n) is 1.90. The largest absolute Gasteiger partial charge is 0.496 e. The molecule has 0 aliphatic carbocycles. The van der Waals surface area contributed by atoms with E-state index in [1.165, 1.54) is 0 Å². The summed E-state index contributed by atoms with van der Waals surface area (Å²) in [7, 11) is 3.26. The van der Waals surface area contributed by atoms with Gasteiger partial charge in [-0.05, 0) is 19.1 Å². The molecule has 0 fully saturated rings. The first kappa shape index (κ1) is 12.3. The number of nitrogens with zero attached hydrogens (tertiary/aromatic N) is 1. The molecule has 2 rings (SSSR count). The van der Waals surface area contributed by atoms with E-state index in [2.05, 4.69) is 15.4 Å². The molecule has 0 spiro atoms. The van der Waals surface area contributed by atoms with Gasteiger partial charge in [0.15, 0.2) is 0 Å². The molecular weight excluding hydrogens is 232 g/mol. The van der Waals surface area contributed by atoms with E-state index in [0.717, 1.165) is 28.3 Å². The average molecular weight is 248 g/mol. The molecule has 1 aromatic heterocycles. The number of H-pyrrole nitrogens is 1. The van der Waals surface area contributed by atoms with Gasteiger partial charge in [0.05, 0.1) is 26.1 Å². The maximum absolute atomic E-state index is 5.44. The van der Waals surface area contributed by atoms with Crippen molar-refractivity contribution in [3.05, 3.63) is 23.9 Å². The number of hydrogen-bond acceptors (Lipinski definition) is 5. The molecule has 0 atom stereocenters. The van der Waals surface area contributed by atoms with E-state index < -0.39 is 0 Å². The molecule has 0 amide bonds. The second kappa shape index (κ2) is 4.97. The van der Waals surface area contributed by atoms with Crippen molar-refractivity contribution in [3.63, 3.8) is 0 Å². The Bertz CT molecular complexity index is 551. The average Bonchev–Trinajstić information content (AvgIpc) is 2.87. The molecule has 0 aliphatic heterocycles. The van der Waals surface area contributed by atoms with E-state index in [4.69, 9.17) is 15.3 Å². The number of nitrogens with two attached hydrogens (primary N) is 1. The predicted molar refractivity (Wildman–Crippen MR) is 69.7 cm³/mol. The van der Waals surface area contributed by atoms with Gasteiger partial charge in [0.2, 0.25) is 5.95 Å². The molecule has 0 saturated heterocycles. The molecule has 0 radical (unpaired) electrons. The van der Waals surface area contributed by atoms with Crippen LogP contribution >= 0.6 is 0 Å². The monoisotopic (exact) mass is 248 g/mol. The molecular formula is C12H16N4O2. The first-order valence-electron chi connectivity index (χ1n) is 5.44. The highest BCUT2D eigenvalue weighted by molar-refractivity contribution is 5.71. The topological polar surface area (TPSA) is 85.2 Å². The summed E-state index contributed by atoms with van der Waals surface area (Å²) in [4.78, 5) is 7.13. The Morgan fingerprint density at radius 2 is 2.06 bits per heavy atom. The number of anilines is 1. The van der Waals surface area contributed by atoms with Crippen LogP contribution < -0.4 is 20.7 Å². The van der Waals surface area contributed by atoms with Crippen molar-refractivity contribution in [1.29, 1.82) is 0 Å². The normalized spacial score (nSPS) is 10.2. The predicted octanol–water partition coefficient (Wildman–Crippen LogP) is 1.69. The SMILES string of the molecule is COc1ccc(-c2cnc(NN)[nH]2)c(OC)c1C. The van der Waals surface area contributed by atoms with Gasteiger partial charge >= 0.3 is 0 Å². The van der Waals surface area contributed by atoms with Gasteiger partial charge in [0, 0.05) is 11.1 Å². The van der Waals surface area contributed by atoms with E-state index in [1.54, 1.807) is 20.4 Å². The van der Waals surface area contributed by atoms with E-state index >= 15 is 0 Å². The van der Waals surface area contributed by atoms with Crippen LogP contribution in [-0.2, 0) is 0 Å². The Balaban J connectivity index is 2.53. The molecule has 96 valence electrons. The number of hydrazine groups is 1. The van der Waals surface area contributed by atoms with Crippen molar-refractivity contribution in [2.75, 3.05) is 19.6 Å². The molecule has 0 bridgehead atoms. The van der Waals surface area contributed by atoms with Crippen LogP contribution in [0.4, 0.5) is 5.95 Å². The Hall–Kier alpha value is -2.21. The summed E-state index contributed by atoms with van der Waals surface area (Å²) >= 11 is 0. The molecule has 4 N–H and O–H groups in total. The minimum atomic E-state index is 0.500. The number of methoxy groups -OCH3 is 2. The summed E-state index contributed by atoms with van der Waals surface area (Å²) in [6.07, 6.45) is 1.69. The van der Waals surface area contributed by atoms with Gasteiger partial charge in [-0.15, -0.1) is 0 Å². The first-order valence-corrected chi connectivity index (χ1v) is 5.44. The van der Waals surface area contributed by atoms with Gasteiger partial charge in [-0.25, -0.2) is 10.8 Å². The minimum Gasteiger partial charge on any atom is -0.496 e. The van der Waals surface area contributed by atoms with Crippen LogP contribution in [0.25, 0.3) is 11.3 Å². The smallest absolute Gasteiger partial charge is 0.215 e. The zero-order valence-corrected chi connectivity index (χ0v) is 10.6. The fraction of sp³-hybridized carbons (Fsp3) is 0.250. The van der Waals surface area contributed by atoms with Crippen molar-refractivity contribution in [2.45, 2.75) is 6.92 Å².